The van der Waals surface area contributed by atoms with Gasteiger partial charge in [-0.1, -0.05) is 43.3 Å². The Kier molecular flexibility index (Phi) is 6.20. The number of carbonyl (C=O) groups excluding carboxylic acids is 1. The second-order valence-electron chi connectivity index (χ2n) is 7.41. The molecule has 3 rings (SSSR count). The van der Waals surface area contributed by atoms with Gasteiger partial charge in [0.2, 0.25) is 0 Å². The molecule has 0 aromatic heterocycles. The fourth-order valence-electron chi connectivity index (χ4n) is 4.14. The SMILES string of the molecule is CCC(NC1CCC(c2ccc(F)cc2C)CC1)C(=O)c1ccccc1. The molecule has 1 aliphatic carbocycles. The predicted octanol–water partition coefficient (Wildman–Crippen LogP) is 5.41. The van der Waals surface area contributed by atoms with Crippen molar-refractivity contribution in [2.24, 2.45) is 0 Å². The fraction of sp³-hybridized carbons (Fsp3) is 0.435. The van der Waals surface area contributed by atoms with Gasteiger partial charge >= 0.3 is 0 Å². The maximum atomic E-state index is 13.3. The Morgan fingerprint density at radius 3 is 2.42 bits per heavy atom. The molecule has 1 saturated carbocycles. The molecule has 0 aliphatic heterocycles. The van der Waals surface area contributed by atoms with E-state index in [4.69, 9.17) is 0 Å². The molecule has 1 unspecified atom stereocenters. The van der Waals surface area contributed by atoms with E-state index < -0.39 is 0 Å². The molecule has 26 heavy (non-hydrogen) atoms. The molecule has 0 heterocycles. The van der Waals surface area contributed by atoms with Crippen LogP contribution in [0.3, 0.4) is 0 Å². The highest BCUT2D eigenvalue weighted by atomic mass is 19.1. The number of rotatable bonds is 6. The Hall–Kier alpha value is -2.00. The zero-order valence-electron chi connectivity index (χ0n) is 15.7. The molecular weight excluding hydrogens is 325 g/mol. The van der Waals surface area contributed by atoms with Crippen LogP contribution in [0, 0.1) is 12.7 Å². The van der Waals surface area contributed by atoms with Crippen molar-refractivity contribution in [3.8, 4) is 0 Å². The lowest BCUT2D eigenvalue weighted by Crippen LogP contribution is -2.44. The van der Waals surface area contributed by atoms with Crippen LogP contribution in [-0.4, -0.2) is 17.9 Å². The van der Waals surface area contributed by atoms with Gasteiger partial charge in [0.15, 0.2) is 5.78 Å². The number of nitrogens with one attached hydrogen (secondary N) is 1. The third kappa shape index (κ3) is 4.39. The number of aryl methyl sites for hydroxylation is 1. The first kappa shape index (κ1) is 18.8. The molecule has 2 aromatic carbocycles. The minimum atomic E-state index is -0.160. The number of benzene rings is 2. The summed E-state index contributed by atoms with van der Waals surface area (Å²) in [7, 11) is 0. The number of hydrogen-bond donors (Lipinski definition) is 1. The van der Waals surface area contributed by atoms with Crippen LogP contribution in [0.5, 0.6) is 0 Å². The van der Waals surface area contributed by atoms with Gasteiger partial charge in [-0.25, -0.2) is 4.39 Å². The van der Waals surface area contributed by atoms with Crippen LogP contribution in [0.15, 0.2) is 48.5 Å². The second kappa shape index (κ2) is 8.59. The third-order valence-electron chi connectivity index (χ3n) is 5.62. The summed E-state index contributed by atoms with van der Waals surface area (Å²) < 4.78 is 13.3. The largest absolute Gasteiger partial charge is 0.304 e. The van der Waals surface area contributed by atoms with E-state index in [-0.39, 0.29) is 17.6 Å². The molecule has 0 saturated heterocycles. The summed E-state index contributed by atoms with van der Waals surface area (Å²) in [5, 5.41) is 3.59. The monoisotopic (exact) mass is 353 g/mol. The van der Waals surface area contributed by atoms with Gasteiger partial charge in [0, 0.05) is 11.6 Å². The molecule has 3 heteroatoms. The number of halogens is 1. The smallest absolute Gasteiger partial charge is 0.179 e. The number of Topliss-reactive ketones (excluding diaryl/α,β-unsaturated/α-hetero) is 1. The quantitative estimate of drug-likeness (QED) is 0.703. The van der Waals surface area contributed by atoms with Crippen molar-refractivity contribution >= 4 is 5.78 Å². The molecule has 1 fully saturated rings. The number of hydrogen-bond acceptors (Lipinski definition) is 2. The van der Waals surface area contributed by atoms with E-state index in [0.29, 0.717) is 12.0 Å². The van der Waals surface area contributed by atoms with Crippen molar-refractivity contribution in [1.29, 1.82) is 0 Å². The number of carbonyl (C=O) groups is 1. The summed E-state index contributed by atoms with van der Waals surface area (Å²) in [5.74, 6) is 0.523. The zero-order chi connectivity index (χ0) is 18.5. The molecule has 1 aliphatic rings. The minimum absolute atomic E-state index is 0.119. The van der Waals surface area contributed by atoms with E-state index in [1.165, 1.54) is 5.56 Å². The van der Waals surface area contributed by atoms with Crippen LogP contribution >= 0.6 is 0 Å². The summed E-state index contributed by atoms with van der Waals surface area (Å²) in [6, 6.07) is 14.9. The molecule has 1 atom stereocenters. The summed E-state index contributed by atoms with van der Waals surface area (Å²) in [5.41, 5.74) is 3.10. The summed E-state index contributed by atoms with van der Waals surface area (Å²) >= 11 is 0. The van der Waals surface area contributed by atoms with E-state index in [1.807, 2.05) is 43.3 Å². The highest BCUT2D eigenvalue weighted by Crippen LogP contribution is 2.35. The Balaban J connectivity index is 1.58. The van der Waals surface area contributed by atoms with Gasteiger partial charge in [-0.05, 0) is 68.2 Å². The van der Waals surface area contributed by atoms with Gasteiger partial charge in [-0.3, -0.25) is 4.79 Å². The lowest BCUT2D eigenvalue weighted by atomic mass is 9.80. The van der Waals surface area contributed by atoms with Crippen molar-refractivity contribution in [2.75, 3.05) is 0 Å². The van der Waals surface area contributed by atoms with Crippen LogP contribution < -0.4 is 5.32 Å². The Morgan fingerprint density at radius 2 is 1.81 bits per heavy atom. The van der Waals surface area contributed by atoms with Gasteiger partial charge < -0.3 is 5.32 Å². The Labute approximate surface area is 155 Å². The average Bonchev–Trinajstić information content (AvgIpc) is 2.67. The molecule has 0 amide bonds. The van der Waals surface area contributed by atoms with Crippen molar-refractivity contribution in [2.45, 2.75) is 64.0 Å². The first-order chi connectivity index (χ1) is 12.6. The van der Waals surface area contributed by atoms with E-state index >= 15 is 0 Å². The first-order valence-corrected chi connectivity index (χ1v) is 9.69. The van der Waals surface area contributed by atoms with Gasteiger partial charge in [0.1, 0.15) is 5.82 Å². The van der Waals surface area contributed by atoms with Crippen molar-refractivity contribution < 1.29 is 9.18 Å². The van der Waals surface area contributed by atoms with Crippen LogP contribution in [0.1, 0.15) is 66.4 Å². The standard InChI is InChI=1S/C23H28FNO/c1-3-22(23(26)18-7-5-4-6-8-18)25-20-12-9-17(10-13-20)21-14-11-19(24)15-16(21)2/h4-8,11,14-15,17,20,22,25H,3,9-10,12-13H2,1-2H3. The first-order valence-electron chi connectivity index (χ1n) is 9.69. The van der Waals surface area contributed by atoms with Crippen LogP contribution in [0.2, 0.25) is 0 Å². The summed E-state index contributed by atoms with van der Waals surface area (Å²) in [4.78, 5) is 12.7. The molecule has 0 bridgehead atoms. The predicted molar refractivity (Wildman–Crippen MR) is 104 cm³/mol. The van der Waals surface area contributed by atoms with Crippen LogP contribution in [-0.2, 0) is 0 Å². The Morgan fingerprint density at radius 1 is 1.12 bits per heavy atom. The summed E-state index contributed by atoms with van der Waals surface area (Å²) in [6.45, 7) is 4.06. The highest BCUT2D eigenvalue weighted by Gasteiger charge is 2.27. The minimum Gasteiger partial charge on any atom is -0.304 e. The van der Waals surface area contributed by atoms with Crippen molar-refractivity contribution in [1.82, 2.24) is 5.32 Å². The molecule has 138 valence electrons. The average molecular weight is 353 g/mol. The topological polar surface area (TPSA) is 29.1 Å². The molecule has 2 aromatic rings. The fourth-order valence-corrected chi connectivity index (χ4v) is 4.14. The third-order valence-corrected chi connectivity index (χ3v) is 5.62. The molecule has 0 spiro atoms. The zero-order valence-corrected chi connectivity index (χ0v) is 15.7. The number of ketones is 1. The van der Waals surface area contributed by atoms with Gasteiger partial charge in [0.05, 0.1) is 6.04 Å². The molecule has 2 nitrogen and oxygen atoms in total. The van der Waals surface area contributed by atoms with Gasteiger partial charge in [-0.15, -0.1) is 0 Å². The molecule has 0 radical (unpaired) electrons. The lowest BCUT2D eigenvalue weighted by Gasteiger charge is -2.32. The van der Waals surface area contributed by atoms with E-state index in [0.717, 1.165) is 43.2 Å². The molecule has 1 N–H and O–H groups in total. The second-order valence-corrected chi connectivity index (χ2v) is 7.41. The van der Waals surface area contributed by atoms with Crippen LogP contribution in [0.4, 0.5) is 4.39 Å². The van der Waals surface area contributed by atoms with Crippen molar-refractivity contribution in [3.63, 3.8) is 0 Å². The van der Waals surface area contributed by atoms with Crippen LogP contribution in [0.25, 0.3) is 0 Å². The van der Waals surface area contributed by atoms with E-state index in [1.54, 1.807) is 12.1 Å². The lowest BCUT2D eigenvalue weighted by molar-refractivity contribution is 0.0927. The van der Waals surface area contributed by atoms with Crippen molar-refractivity contribution in [3.05, 3.63) is 71.0 Å². The maximum Gasteiger partial charge on any atom is 0.179 e. The molecular formula is C23H28FNO. The van der Waals surface area contributed by atoms with Gasteiger partial charge in [-0.2, -0.15) is 0 Å². The van der Waals surface area contributed by atoms with E-state index in [9.17, 15) is 9.18 Å². The normalized spacial score (nSPS) is 21.3. The maximum absolute atomic E-state index is 13.3. The Bertz CT molecular complexity index is 735. The van der Waals surface area contributed by atoms with Gasteiger partial charge in [0.25, 0.3) is 0 Å². The highest BCUT2D eigenvalue weighted by molar-refractivity contribution is 6.00. The van der Waals surface area contributed by atoms with E-state index in [2.05, 4.69) is 12.2 Å². The summed E-state index contributed by atoms with van der Waals surface area (Å²) in [6.07, 6.45) is 5.07.